The lowest BCUT2D eigenvalue weighted by Crippen LogP contribution is -2.06. The van der Waals surface area contributed by atoms with Crippen LogP contribution in [0.4, 0.5) is 5.69 Å². The van der Waals surface area contributed by atoms with E-state index in [1.165, 1.54) is 32.1 Å². The van der Waals surface area contributed by atoms with Crippen LogP contribution in [-0.4, -0.2) is 22.3 Å². The van der Waals surface area contributed by atoms with Crippen molar-refractivity contribution in [3.05, 3.63) is 24.0 Å². The number of hydrogen-bond acceptors (Lipinski definition) is 4. The fourth-order valence-electron chi connectivity index (χ4n) is 2.85. The fourth-order valence-corrected chi connectivity index (χ4v) is 2.85. The second-order valence-corrected chi connectivity index (χ2v) is 5.34. The number of nitrogen functional groups attached to an aromatic ring is 1. The van der Waals surface area contributed by atoms with E-state index in [0.717, 1.165) is 11.4 Å². The number of nitrogens with zero attached hydrogens (tertiary/aromatic N) is 2. The monoisotopic (exact) mass is 272 g/mol. The van der Waals surface area contributed by atoms with Crippen LogP contribution in [0.5, 0.6) is 5.75 Å². The molecule has 1 saturated carbocycles. The number of nitrogens with one attached hydrogen (secondary N) is 1. The van der Waals surface area contributed by atoms with Crippen molar-refractivity contribution in [2.45, 2.75) is 38.0 Å². The van der Waals surface area contributed by atoms with Crippen LogP contribution in [0.25, 0.3) is 11.4 Å². The minimum absolute atomic E-state index is 0.518. The summed E-state index contributed by atoms with van der Waals surface area (Å²) >= 11 is 0. The molecule has 1 aromatic heterocycles. The van der Waals surface area contributed by atoms with Gasteiger partial charge in [0.2, 0.25) is 0 Å². The molecule has 0 atom stereocenters. The summed E-state index contributed by atoms with van der Waals surface area (Å²) in [5, 5.41) is 7.43. The Labute approximate surface area is 118 Å². The highest BCUT2D eigenvalue weighted by molar-refractivity contribution is 5.67. The number of aromatic nitrogens is 3. The van der Waals surface area contributed by atoms with Crippen LogP contribution in [0.15, 0.2) is 18.2 Å². The Morgan fingerprint density at radius 3 is 2.80 bits per heavy atom. The molecule has 1 aromatic carbocycles. The van der Waals surface area contributed by atoms with E-state index in [4.69, 9.17) is 10.5 Å². The van der Waals surface area contributed by atoms with Gasteiger partial charge in [-0.05, 0) is 25.0 Å². The Balaban J connectivity index is 1.89. The Kier molecular flexibility index (Phi) is 3.58. The average Bonchev–Trinajstić information content (AvgIpc) is 2.97. The molecule has 0 saturated heterocycles. The Morgan fingerprint density at radius 2 is 2.05 bits per heavy atom. The van der Waals surface area contributed by atoms with Crippen molar-refractivity contribution < 1.29 is 4.74 Å². The fraction of sp³-hybridized carbons (Fsp3) is 0.467. The third-order valence-electron chi connectivity index (χ3n) is 3.96. The predicted octanol–water partition coefficient (Wildman–Crippen LogP) is 3.11. The number of ether oxygens (including phenoxy) is 1. The number of anilines is 1. The van der Waals surface area contributed by atoms with Crippen molar-refractivity contribution in [2.75, 3.05) is 12.8 Å². The van der Waals surface area contributed by atoms with Crippen LogP contribution >= 0.6 is 0 Å². The molecule has 1 heterocycles. The molecule has 1 aliphatic carbocycles. The molecular formula is C15H20N4O. The molecule has 3 rings (SSSR count). The van der Waals surface area contributed by atoms with E-state index in [1.54, 1.807) is 13.2 Å². The Hall–Kier alpha value is -2.04. The summed E-state index contributed by atoms with van der Waals surface area (Å²) in [5.74, 6) is 2.91. The van der Waals surface area contributed by atoms with Crippen LogP contribution in [0.3, 0.4) is 0 Å². The standard InChI is InChI=1S/C15H20N4O/c1-20-13-9-11(16)7-8-12(13)15-17-14(18-19-15)10-5-3-2-4-6-10/h7-10H,2-6,16H2,1H3,(H,17,18,19). The molecule has 106 valence electrons. The number of H-pyrrole nitrogens is 1. The molecule has 5 nitrogen and oxygen atoms in total. The third-order valence-corrected chi connectivity index (χ3v) is 3.96. The first-order valence-electron chi connectivity index (χ1n) is 7.14. The van der Waals surface area contributed by atoms with Crippen LogP contribution < -0.4 is 10.5 Å². The van der Waals surface area contributed by atoms with E-state index in [-0.39, 0.29) is 0 Å². The molecule has 20 heavy (non-hydrogen) atoms. The summed E-state index contributed by atoms with van der Waals surface area (Å²) in [6.07, 6.45) is 6.31. The van der Waals surface area contributed by atoms with E-state index in [2.05, 4.69) is 15.2 Å². The molecule has 0 spiro atoms. The van der Waals surface area contributed by atoms with Crippen molar-refractivity contribution in [1.29, 1.82) is 0 Å². The van der Waals surface area contributed by atoms with Gasteiger partial charge >= 0.3 is 0 Å². The SMILES string of the molecule is COc1cc(N)ccc1-c1n[nH]c(C2CCCCC2)n1. The van der Waals surface area contributed by atoms with E-state index < -0.39 is 0 Å². The van der Waals surface area contributed by atoms with Crippen LogP contribution in [0.1, 0.15) is 43.8 Å². The smallest absolute Gasteiger partial charge is 0.184 e. The highest BCUT2D eigenvalue weighted by Crippen LogP contribution is 2.33. The van der Waals surface area contributed by atoms with Crippen LogP contribution in [-0.2, 0) is 0 Å². The maximum atomic E-state index is 5.77. The van der Waals surface area contributed by atoms with Crippen molar-refractivity contribution in [1.82, 2.24) is 15.2 Å². The molecule has 0 aliphatic heterocycles. The average molecular weight is 272 g/mol. The lowest BCUT2D eigenvalue weighted by molar-refractivity contribution is 0.416. The van der Waals surface area contributed by atoms with Crippen molar-refractivity contribution in [2.24, 2.45) is 0 Å². The maximum absolute atomic E-state index is 5.77. The molecule has 2 aromatic rings. The number of methoxy groups -OCH3 is 1. The zero-order chi connectivity index (χ0) is 13.9. The zero-order valence-corrected chi connectivity index (χ0v) is 11.7. The third kappa shape index (κ3) is 2.48. The lowest BCUT2D eigenvalue weighted by Gasteiger charge is -2.18. The van der Waals surface area contributed by atoms with Crippen LogP contribution in [0.2, 0.25) is 0 Å². The van der Waals surface area contributed by atoms with Crippen molar-refractivity contribution in [3.63, 3.8) is 0 Å². The van der Waals surface area contributed by atoms with Gasteiger partial charge in [-0.1, -0.05) is 19.3 Å². The number of benzene rings is 1. The van der Waals surface area contributed by atoms with Gasteiger partial charge in [0.05, 0.1) is 12.7 Å². The highest BCUT2D eigenvalue weighted by atomic mass is 16.5. The molecule has 0 radical (unpaired) electrons. The van der Waals surface area contributed by atoms with Gasteiger partial charge in [0.25, 0.3) is 0 Å². The minimum Gasteiger partial charge on any atom is -0.496 e. The van der Waals surface area contributed by atoms with Gasteiger partial charge in [0, 0.05) is 17.7 Å². The summed E-state index contributed by atoms with van der Waals surface area (Å²) < 4.78 is 5.36. The maximum Gasteiger partial charge on any atom is 0.184 e. The van der Waals surface area contributed by atoms with Gasteiger partial charge < -0.3 is 10.5 Å². The van der Waals surface area contributed by atoms with Gasteiger partial charge in [0.15, 0.2) is 5.82 Å². The van der Waals surface area contributed by atoms with Gasteiger partial charge in [-0.25, -0.2) is 4.98 Å². The van der Waals surface area contributed by atoms with E-state index in [0.29, 0.717) is 23.2 Å². The summed E-state index contributed by atoms with van der Waals surface area (Å²) in [6, 6.07) is 5.54. The van der Waals surface area contributed by atoms with Gasteiger partial charge in [-0.3, -0.25) is 5.10 Å². The molecule has 0 unspecified atom stereocenters. The quantitative estimate of drug-likeness (QED) is 0.842. The first-order chi connectivity index (χ1) is 9.78. The molecule has 1 fully saturated rings. The van der Waals surface area contributed by atoms with E-state index >= 15 is 0 Å². The second kappa shape index (κ2) is 5.53. The predicted molar refractivity (Wildman–Crippen MR) is 78.6 cm³/mol. The van der Waals surface area contributed by atoms with E-state index in [9.17, 15) is 0 Å². The number of rotatable bonds is 3. The first-order valence-corrected chi connectivity index (χ1v) is 7.14. The van der Waals surface area contributed by atoms with Crippen LogP contribution in [0, 0.1) is 0 Å². The van der Waals surface area contributed by atoms with Gasteiger partial charge in [-0.2, -0.15) is 5.10 Å². The molecule has 3 N–H and O–H groups in total. The highest BCUT2D eigenvalue weighted by Gasteiger charge is 2.20. The summed E-state index contributed by atoms with van der Waals surface area (Å²) in [4.78, 5) is 4.65. The number of aromatic amines is 1. The molecule has 5 heteroatoms. The Morgan fingerprint density at radius 1 is 1.25 bits per heavy atom. The lowest BCUT2D eigenvalue weighted by atomic mass is 9.89. The topological polar surface area (TPSA) is 76.8 Å². The number of nitrogens with two attached hydrogens (primary N) is 1. The molecule has 1 aliphatic rings. The van der Waals surface area contributed by atoms with Crippen molar-refractivity contribution in [3.8, 4) is 17.1 Å². The second-order valence-electron chi connectivity index (χ2n) is 5.34. The van der Waals surface area contributed by atoms with Gasteiger partial charge in [0.1, 0.15) is 11.6 Å². The first kappa shape index (κ1) is 13.0. The zero-order valence-electron chi connectivity index (χ0n) is 11.7. The summed E-state index contributed by atoms with van der Waals surface area (Å²) in [7, 11) is 1.63. The number of hydrogen-bond donors (Lipinski definition) is 2. The molecule has 0 bridgehead atoms. The Bertz CT molecular complexity index is 587. The minimum atomic E-state index is 0.518. The normalized spacial score (nSPS) is 16.2. The molecule has 0 amide bonds. The molecular weight excluding hydrogens is 252 g/mol. The van der Waals surface area contributed by atoms with Gasteiger partial charge in [-0.15, -0.1) is 0 Å². The van der Waals surface area contributed by atoms with E-state index in [1.807, 2.05) is 12.1 Å². The van der Waals surface area contributed by atoms with Crippen molar-refractivity contribution >= 4 is 5.69 Å². The largest absolute Gasteiger partial charge is 0.496 e. The summed E-state index contributed by atoms with van der Waals surface area (Å²) in [6.45, 7) is 0. The summed E-state index contributed by atoms with van der Waals surface area (Å²) in [5.41, 5.74) is 7.32.